The van der Waals surface area contributed by atoms with Gasteiger partial charge in [-0.3, -0.25) is 9.78 Å². The zero-order valence-electron chi connectivity index (χ0n) is 15.8. The fourth-order valence-corrected chi connectivity index (χ4v) is 2.97. The van der Waals surface area contributed by atoms with E-state index in [4.69, 9.17) is 4.42 Å². The largest absolute Gasteiger partial charge is 0.436 e. The molecule has 5 heteroatoms. The lowest BCUT2D eigenvalue weighted by atomic mass is 10.0. The minimum absolute atomic E-state index is 0.142. The normalized spacial score (nSPS) is 11.1. The van der Waals surface area contributed by atoms with Crippen LogP contribution in [-0.2, 0) is 6.54 Å². The molecule has 0 bridgehead atoms. The maximum Gasteiger partial charge on any atom is 0.253 e. The third-order valence-electron chi connectivity index (χ3n) is 4.66. The predicted molar refractivity (Wildman–Crippen MR) is 109 cm³/mol. The van der Waals surface area contributed by atoms with E-state index in [1.54, 1.807) is 24.5 Å². The molecule has 0 radical (unpaired) electrons. The molecular formula is C23H21N3O2. The number of aromatic nitrogens is 2. The molecule has 1 N–H and O–H groups in total. The number of nitrogens with one attached hydrogen (secondary N) is 1. The van der Waals surface area contributed by atoms with Gasteiger partial charge in [0.05, 0.1) is 5.56 Å². The number of rotatable bonds is 5. The van der Waals surface area contributed by atoms with Crippen LogP contribution in [0.15, 0.2) is 71.4 Å². The Morgan fingerprint density at radius 3 is 2.64 bits per heavy atom. The summed E-state index contributed by atoms with van der Waals surface area (Å²) in [5.41, 5.74) is 5.35. The number of nitrogens with zero attached hydrogens (tertiary/aromatic N) is 2. The molecule has 2 aromatic heterocycles. The van der Waals surface area contributed by atoms with E-state index in [0.717, 1.165) is 22.2 Å². The van der Waals surface area contributed by atoms with Crippen LogP contribution in [-0.4, -0.2) is 15.9 Å². The molecule has 0 unspecified atom stereocenters. The van der Waals surface area contributed by atoms with Crippen molar-refractivity contribution in [2.45, 2.75) is 26.3 Å². The van der Waals surface area contributed by atoms with Gasteiger partial charge in [0.15, 0.2) is 5.58 Å². The number of benzene rings is 2. The molecule has 0 atom stereocenters. The second kappa shape index (κ2) is 7.64. The Bertz CT molecular complexity index is 1100. The minimum Gasteiger partial charge on any atom is -0.436 e. The third-order valence-corrected chi connectivity index (χ3v) is 4.66. The van der Waals surface area contributed by atoms with Crippen LogP contribution < -0.4 is 5.32 Å². The van der Waals surface area contributed by atoms with Crippen LogP contribution in [0.25, 0.3) is 22.6 Å². The molecule has 2 heterocycles. The van der Waals surface area contributed by atoms with Gasteiger partial charge in [-0.25, -0.2) is 4.98 Å². The van der Waals surface area contributed by atoms with Gasteiger partial charge in [-0.1, -0.05) is 32.0 Å². The van der Waals surface area contributed by atoms with Crippen LogP contribution in [0.1, 0.15) is 41.3 Å². The Labute approximate surface area is 163 Å². The molecule has 140 valence electrons. The number of amides is 1. The minimum atomic E-state index is -0.142. The summed E-state index contributed by atoms with van der Waals surface area (Å²) in [4.78, 5) is 20.7. The summed E-state index contributed by atoms with van der Waals surface area (Å²) >= 11 is 0. The second-order valence-electron chi connectivity index (χ2n) is 7.02. The zero-order valence-corrected chi connectivity index (χ0v) is 15.8. The lowest BCUT2D eigenvalue weighted by Gasteiger charge is -2.05. The molecule has 2 aromatic carbocycles. The van der Waals surface area contributed by atoms with E-state index in [1.807, 2.05) is 30.3 Å². The van der Waals surface area contributed by atoms with Crippen molar-refractivity contribution in [2.24, 2.45) is 0 Å². The number of fused-ring (bicyclic) bond motifs is 1. The Balaban J connectivity index is 1.47. The molecule has 0 spiro atoms. The molecule has 0 aliphatic heterocycles. The SMILES string of the molecule is CC(C)c1ccc2oc(-c3ccc(CNC(=O)c4cccnc4)cc3)nc2c1. The second-order valence-corrected chi connectivity index (χ2v) is 7.02. The number of oxazole rings is 1. The Morgan fingerprint density at radius 2 is 1.93 bits per heavy atom. The van der Waals surface area contributed by atoms with Crippen molar-refractivity contribution in [1.82, 2.24) is 15.3 Å². The van der Waals surface area contributed by atoms with Gasteiger partial charge < -0.3 is 9.73 Å². The first kappa shape index (κ1) is 17.9. The molecule has 0 fully saturated rings. The highest BCUT2D eigenvalue weighted by molar-refractivity contribution is 5.93. The highest BCUT2D eigenvalue weighted by atomic mass is 16.3. The molecule has 4 aromatic rings. The monoisotopic (exact) mass is 371 g/mol. The Kier molecular flexibility index (Phi) is 4.89. The highest BCUT2D eigenvalue weighted by Crippen LogP contribution is 2.27. The summed E-state index contributed by atoms with van der Waals surface area (Å²) in [6, 6.07) is 17.5. The lowest BCUT2D eigenvalue weighted by molar-refractivity contribution is 0.0950. The van der Waals surface area contributed by atoms with E-state index >= 15 is 0 Å². The summed E-state index contributed by atoms with van der Waals surface area (Å²) in [5.74, 6) is 0.907. The lowest BCUT2D eigenvalue weighted by Crippen LogP contribution is -2.22. The maximum absolute atomic E-state index is 12.1. The molecule has 1 amide bonds. The van der Waals surface area contributed by atoms with Crippen molar-refractivity contribution < 1.29 is 9.21 Å². The Morgan fingerprint density at radius 1 is 1.11 bits per heavy atom. The average molecular weight is 371 g/mol. The first-order chi connectivity index (χ1) is 13.6. The van der Waals surface area contributed by atoms with Crippen molar-refractivity contribution in [1.29, 1.82) is 0 Å². The van der Waals surface area contributed by atoms with E-state index in [2.05, 4.69) is 41.3 Å². The van der Waals surface area contributed by atoms with Crippen molar-refractivity contribution in [3.63, 3.8) is 0 Å². The fourth-order valence-electron chi connectivity index (χ4n) is 2.97. The zero-order chi connectivity index (χ0) is 19.5. The first-order valence-electron chi connectivity index (χ1n) is 9.28. The standard InChI is InChI=1S/C23H21N3O2/c1-15(2)18-9-10-21-20(12-18)26-23(28-21)17-7-5-16(6-8-17)13-25-22(27)19-4-3-11-24-14-19/h3-12,14-15H,13H2,1-2H3,(H,25,27). The topological polar surface area (TPSA) is 68.0 Å². The maximum atomic E-state index is 12.1. The molecule has 0 aliphatic rings. The van der Waals surface area contributed by atoms with Crippen molar-refractivity contribution in [3.05, 3.63) is 83.7 Å². The summed E-state index contributed by atoms with van der Waals surface area (Å²) in [6.07, 6.45) is 3.20. The molecular weight excluding hydrogens is 350 g/mol. The van der Waals surface area contributed by atoms with Crippen LogP contribution in [0.4, 0.5) is 0 Å². The third kappa shape index (κ3) is 3.78. The molecule has 5 nitrogen and oxygen atoms in total. The highest BCUT2D eigenvalue weighted by Gasteiger charge is 2.10. The number of pyridine rings is 1. The summed E-state index contributed by atoms with van der Waals surface area (Å²) in [6.45, 7) is 4.77. The number of hydrogen-bond acceptors (Lipinski definition) is 4. The first-order valence-corrected chi connectivity index (χ1v) is 9.28. The van der Waals surface area contributed by atoms with Crippen LogP contribution in [0.2, 0.25) is 0 Å². The van der Waals surface area contributed by atoms with Gasteiger partial charge in [0.25, 0.3) is 5.91 Å². The summed E-state index contributed by atoms with van der Waals surface area (Å²) in [7, 11) is 0. The van der Waals surface area contributed by atoms with Crippen molar-refractivity contribution in [2.75, 3.05) is 0 Å². The van der Waals surface area contributed by atoms with Gasteiger partial charge in [-0.2, -0.15) is 0 Å². The van der Waals surface area contributed by atoms with E-state index in [0.29, 0.717) is 23.9 Å². The average Bonchev–Trinajstić information content (AvgIpc) is 3.16. The van der Waals surface area contributed by atoms with E-state index < -0.39 is 0 Å². The van der Waals surface area contributed by atoms with Gasteiger partial charge in [0.1, 0.15) is 5.52 Å². The van der Waals surface area contributed by atoms with Gasteiger partial charge in [0.2, 0.25) is 5.89 Å². The number of carbonyl (C=O) groups excluding carboxylic acids is 1. The van der Waals surface area contributed by atoms with E-state index in [9.17, 15) is 4.79 Å². The van der Waals surface area contributed by atoms with E-state index in [-0.39, 0.29) is 5.91 Å². The van der Waals surface area contributed by atoms with Crippen LogP contribution in [0.3, 0.4) is 0 Å². The van der Waals surface area contributed by atoms with Gasteiger partial charge in [-0.05, 0) is 53.4 Å². The molecule has 0 saturated carbocycles. The summed E-state index contributed by atoms with van der Waals surface area (Å²) < 4.78 is 5.90. The molecule has 0 saturated heterocycles. The van der Waals surface area contributed by atoms with Crippen LogP contribution >= 0.6 is 0 Å². The van der Waals surface area contributed by atoms with Crippen LogP contribution in [0, 0.1) is 0 Å². The summed E-state index contributed by atoms with van der Waals surface area (Å²) in [5, 5.41) is 2.89. The number of carbonyl (C=O) groups is 1. The fraction of sp³-hybridized carbons (Fsp3) is 0.174. The van der Waals surface area contributed by atoms with Crippen LogP contribution in [0.5, 0.6) is 0 Å². The molecule has 28 heavy (non-hydrogen) atoms. The van der Waals surface area contributed by atoms with Crippen molar-refractivity contribution in [3.8, 4) is 11.5 Å². The van der Waals surface area contributed by atoms with Gasteiger partial charge in [0, 0.05) is 24.5 Å². The molecule has 0 aliphatic carbocycles. The van der Waals surface area contributed by atoms with Gasteiger partial charge in [-0.15, -0.1) is 0 Å². The molecule has 4 rings (SSSR count). The smallest absolute Gasteiger partial charge is 0.253 e. The van der Waals surface area contributed by atoms with Gasteiger partial charge >= 0.3 is 0 Å². The van der Waals surface area contributed by atoms with Crippen molar-refractivity contribution >= 4 is 17.0 Å². The quantitative estimate of drug-likeness (QED) is 0.539. The predicted octanol–water partition coefficient (Wildman–Crippen LogP) is 4.94. The van der Waals surface area contributed by atoms with E-state index in [1.165, 1.54) is 5.56 Å². The number of hydrogen-bond donors (Lipinski definition) is 1. The Hall–Kier alpha value is -3.47.